The molecule has 10 nitrogen and oxygen atoms in total. The van der Waals surface area contributed by atoms with Gasteiger partial charge in [-0.05, 0) is 35.9 Å². The minimum Gasteiger partial charge on any atom is -0.353 e. The fourth-order valence-electron chi connectivity index (χ4n) is 4.81. The molecule has 0 spiro atoms. The molecule has 4 heterocycles. The predicted octanol–water partition coefficient (Wildman–Crippen LogP) is 2.98. The van der Waals surface area contributed by atoms with Crippen molar-refractivity contribution in [3.63, 3.8) is 0 Å². The lowest BCUT2D eigenvalue weighted by molar-refractivity contribution is 0.0875. The van der Waals surface area contributed by atoms with Gasteiger partial charge in [-0.1, -0.05) is 24.3 Å². The van der Waals surface area contributed by atoms with E-state index in [2.05, 4.69) is 25.8 Å². The molecule has 0 aliphatic carbocycles. The highest BCUT2D eigenvalue weighted by Gasteiger charge is 2.26. The topological polar surface area (TPSA) is 127 Å². The molecule has 0 unspecified atom stereocenters. The number of nitrogens with zero attached hydrogens (tertiary/aromatic N) is 4. The summed E-state index contributed by atoms with van der Waals surface area (Å²) in [4.78, 5) is 42.0. The maximum atomic E-state index is 13.5. The third-order valence-electron chi connectivity index (χ3n) is 6.80. The lowest BCUT2D eigenvalue weighted by Gasteiger charge is -2.09. The quantitative estimate of drug-likeness (QED) is 0.290. The average molecular weight is 544 g/mol. The van der Waals surface area contributed by atoms with Gasteiger partial charge in [0.25, 0.3) is 11.5 Å². The molecule has 0 bridgehead atoms. The van der Waals surface area contributed by atoms with Gasteiger partial charge < -0.3 is 15.6 Å². The first kappa shape index (κ1) is 25.3. The van der Waals surface area contributed by atoms with Crippen molar-refractivity contribution in [1.82, 2.24) is 35.2 Å². The molecule has 0 atom stereocenters. The maximum Gasteiger partial charge on any atom is 0.279 e. The molecule has 0 saturated carbocycles. The van der Waals surface area contributed by atoms with Crippen molar-refractivity contribution in [2.24, 2.45) is 0 Å². The van der Waals surface area contributed by atoms with Gasteiger partial charge in [0.2, 0.25) is 5.91 Å². The van der Waals surface area contributed by atoms with E-state index in [0.29, 0.717) is 24.3 Å². The Morgan fingerprint density at radius 1 is 1.02 bits per heavy atom. The van der Waals surface area contributed by atoms with Crippen LogP contribution in [0.3, 0.4) is 0 Å². The highest BCUT2D eigenvalue weighted by atomic mass is 19.2. The zero-order chi connectivity index (χ0) is 27.8. The zero-order valence-electron chi connectivity index (χ0n) is 21.1. The number of carbonyl (C=O) groups excluding carboxylic acids is 2. The van der Waals surface area contributed by atoms with Crippen molar-refractivity contribution in [2.45, 2.75) is 26.1 Å². The molecule has 0 fully saturated rings. The van der Waals surface area contributed by atoms with Gasteiger partial charge in [0.15, 0.2) is 11.6 Å². The van der Waals surface area contributed by atoms with Gasteiger partial charge in [-0.2, -0.15) is 10.2 Å². The van der Waals surface area contributed by atoms with Crippen LogP contribution in [-0.4, -0.2) is 42.9 Å². The normalized spacial score (nSPS) is 12.6. The fourth-order valence-corrected chi connectivity index (χ4v) is 4.81. The second-order valence-corrected chi connectivity index (χ2v) is 9.42. The Morgan fingerprint density at radius 3 is 2.70 bits per heavy atom. The van der Waals surface area contributed by atoms with Crippen LogP contribution in [0.5, 0.6) is 0 Å². The summed E-state index contributed by atoms with van der Waals surface area (Å²) in [5.41, 5.74) is 3.64. The number of halogens is 2. The van der Waals surface area contributed by atoms with Gasteiger partial charge in [0, 0.05) is 48.7 Å². The van der Waals surface area contributed by atoms with Crippen LogP contribution in [0.15, 0.2) is 65.6 Å². The molecule has 202 valence electrons. The summed E-state index contributed by atoms with van der Waals surface area (Å²) in [5.74, 6) is -3.02. The summed E-state index contributed by atoms with van der Waals surface area (Å²) >= 11 is 0. The summed E-state index contributed by atoms with van der Waals surface area (Å²) < 4.78 is 29.1. The van der Waals surface area contributed by atoms with E-state index >= 15 is 0 Å². The summed E-state index contributed by atoms with van der Waals surface area (Å²) in [7, 11) is 0. The largest absolute Gasteiger partial charge is 0.353 e. The molecule has 0 saturated heterocycles. The molecular weight excluding hydrogens is 520 g/mol. The lowest BCUT2D eigenvalue weighted by atomic mass is 10.1. The average Bonchev–Trinajstić information content (AvgIpc) is 3.67. The molecule has 40 heavy (non-hydrogen) atoms. The predicted molar refractivity (Wildman–Crippen MR) is 142 cm³/mol. The number of H-pyrrole nitrogens is 1. The molecular formula is C28H23F2N7O3. The van der Waals surface area contributed by atoms with Crippen LogP contribution in [-0.2, 0) is 19.6 Å². The second-order valence-electron chi connectivity index (χ2n) is 9.42. The van der Waals surface area contributed by atoms with Gasteiger partial charge >= 0.3 is 0 Å². The van der Waals surface area contributed by atoms with Crippen LogP contribution in [0, 0.1) is 11.6 Å². The lowest BCUT2D eigenvalue weighted by Crippen LogP contribution is -2.35. The highest BCUT2D eigenvalue weighted by molar-refractivity contribution is 5.94. The third kappa shape index (κ3) is 4.69. The number of benzene rings is 2. The van der Waals surface area contributed by atoms with Crippen LogP contribution in [0.25, 0.3) is 22.3 Å². The van der Waals surface area contributed by atoms with Gasteiger partial charge in [0.05, 0.1) is 17.9 Å². The van der Waals surface area contributed by atoms with Gasteiger partial charge in [0.1, 0.15) is 11.3 Å². The van der Waals surface area contributed by atoms with Gasteiger partial charge in [-0.25, -0.2) is 18.1 Å². The van der Waals surface area contributed by atoms with E-state index in [1.54, 1.807) is 0 Å². The van der Waals surface area contributed by atoms with E-state index in [-0.39, 0.29) is 31.0 Å². The molecule has 1 aliphatic rings. The number of rotatable bonds is 7. The van der Waals surface area contributed by atoms with Crippen molar-refractivity contribution in [1.29, 1.82) is 0 Å². The number of aromatic nitrogens is 5. The Bertz CT molecular complexity index is 1810. The number of hydrogen-bond donors (Lipinski definition) is 3. The summed E-state index contributed by atoms with van der Waals surface area (Å²) in [6.07, 6.45) is 1.23. The first-order chi connectivity index (χ1) is 19.4. The fraction of sp³-hybridized carbons (Fsp3) is 0.179. The first-order valence-electron chi connectivity index (χ1n) is 12.6. The van der Waals surface area contributed by atoms with E-state index in [9.17, 15) is 23.2 Å². The minimum absolute atomic E-state index is 0.0214. The Kier molecular flexibility index (Phi) is 6.52. The second kappa shape index (κ2) is 10.3. The van der Waals surface area contributed by atoms with Crippen molar-refractivity contribution in [2.75, 3.05) is 6.54 Å². The van der Waals surface area contributed by atoms with Crippen molar-refractivity contribution in [3.05, 3.63) is 105 Å². The van der Waals surface area contributed by atoms with Crippen molar-refractivity contribution in [3.8, 4) is 11.4 Å². The molecule has 12 heteroatoms. The van der Waals surface area contributed by atoms with E-state index in [0.717, 1.165) is 44.7 Å². The monoisotopic (exact) mass is 543 g/mol. The molecule has 1 amide bonds. The standard InChI is InChI=1S/C28H23F2N7O3/c29-20-6-5-16(11-21(20)30)15-36-28(40)18(7-10-33-36)27(39)32-9-8-25(38)37-24-14-31-13-19(24)26(35-37)23-12-17-3-1-2-4-22(17)34-23/h1-7,10-12,31,34H,8-9,13-15H2,(H,32,39). The van der Waals surface area contributed by atoms with Crippen molar-refractivity contribution < 1.29 is 18.4 Å². The Balaban J connectivity index is 1.14. The molecule has 0 radical (unpaired) electrons. The van der Waals surface area contributed by atoms with E-state index in [1.165, 1.54) is 23.0 Å². The van der Waals surface area contributed by atoms with Gasteiger partial charge in [-0.15, -0.1) is 0 Å². The number of fused-ring (bicyclic) bond motifs is 2. The summed E-state index contributed by atoms with van der Waals surface area (Å²) in [5, 5.41) is 15.4. The SMILES string of the molecule is O=C(NCCC(=O)n1nc(-c2cc3ccccc3[nH]2)c2c1CNC2)c1ccnn(Cc2ccc(F)c(F)c2)c1=O. The smallest absolute Gasteiger partial charge is 0.279 e. The molecule has 6 rings (SSSR count). The Morgan fingerprint density at radius 2 is 1.88 bits per heavy atom. The molecule has 1 aliphatic heterocycles. The number of carbonyl (C=O) groups is 2. The van der Waals surface area contributed by atoms with Crippen LogP contribution in [0.1, 0.15) is 38.4 Å². The minimum atomic E-state index is -1.05. The van der Waals surface area contributed by atoms with Gasteiger partial charge in [-0.3, -0.25) is 14.4 Å². The zero-order valence-corrected chi connectivity index (χ0v) is 21.1. The molecule has 2 aromatic carbocycles. The number of hydrogen-bond acceptors (Lipinski definition) is 6. The Labute approximate surface area is 225 Å². The summed E-state index contributed by atoms with van der Waals surface area (Å²) in [6, 6.07) is 14.4. The highest BCUT2D eigenvalue weighted by Crippen LogP contribution is 2.30. The molecule has 3 aromatic heterocycles. The van der Waals surface area contributed by atoms with Crippen LogP contribution in [0.2, 0.25) is 0 Å². The Hall–Kier alpha value is -4.97. The summed E-state index contributed by atoms with van der Waals surface area (Å²) in [6.45, 7) is 0.914. The number of amides is 1. The maximum absolute atomic E-state index is 13.5. The number of nitrogens with one attached hydrogen (secondary N) is 3. The third-order valence-corrected chi connectivity index (χ3v) is 6.80. The number of aromatic amines is 1. The first-order valence-corrected chi connectivity index (χ1v) is 12.6. The molecule has 3 N–H and O–H groups in total. The van der Waals surface area contributed by atoms with E-state index in [4.69, 9.17) is 0 Å². The molecule has 5 aromatic rings. The van der Waals surface area contributed by atoms with Crippen molar-refractivity contribution >= 4 is 22.7 Å². The van der Waals surface area contributed by atoms with Crippen LogP contribution in [0.4, 0.5) is 8.78 Å². The van der Waals surface area contributed by atoms with E-state index in [1.807, 2.05) is 30.3 Å². The van der Waals surface area contributed by atoms with E-state index < -0.39 is 23.1 Å². The number of para-hydroxylation sites is 1. The van der Waals surface area contributed by atoms with Crippen LogP contribution < -0.4 is 16.2 Å². The van der Waals surface area contributed by atoms with Crippen LogP contribution >= 0.6 is 0 Å².